The number of aliphatic hydroxyl groups excluding tert-OH is 1. The minimum atomic E-state index is -0.919. The molecule has 3 N–H and O–H groups in total. The molecule has 0 unspecified atom stereocenters. The zero-order valence-electron chi connectivity index (χ0n) is 22.1. The molecule has 2 aliphatic rings. The van der Waals surface area contributed by atoms with Gasteiger partial charge >= 0.3 is 5.97 Å². The number of aliphatic carboxylic acids is 1. The van der Waals surface area contributed by atoms with E-state index in [9.17, 15) is 19.5 Å². The highest BCUT2D eigenvalue weighted by molar-refractivity contribution is 6.35. The fourth-order valence-corrected chi connectivity index (χ4v) is 6.39. The summed E-state index contributed by atoms with van der Waals surface area (Å²) in [4.78, 5) is 46.1. The Kier molecular flexibility index (Phi) is 8.94. The molecule has 2 amide bonds. The Morgan fingerprint density at radius 1 is 0.951 bits per heavy atom. The molecule has 1 aliphatic carbocycles. The van der Waals surface area contributed by atoms with Gasteiger partial charge in [-0.05, 0) is 53.3 Å². The van der Waals surface area contributed by atoms with Gasteiger partial charge in [-0.1, -0.05) is 84.6 Å². The lowest BCUT2D eigenvalue weighted by molar-refractivity contribution is -0.139. The van der Waals surface area contributed by atoms with Crippen molar-refractivity contribution in [2.45, 2.75) is 62.8 Å². The molecule has 214 valence electrons. The molecule has 1 fully saturated rings. The predicted octanol–water partition coefficient (Wildman–Crippen LogP) is 5.45. The van der Waals surface area contributed by atoms with Gasteiger partial charge in [0.2, 0.25) is 0 Å². The Labute approximate surface area is 247 Å². The third-order valence-electron chi connectivity index (χ3n) is 7.78. The van der Waals surface area contributed by atoms with Gasteiger partial charge < -0.3 is 15.1 Å². The van der Waals surface area contributed by atoms with Crippen LogP contribution in [-0.2, 0) is 27.5 Å². The van der Waals surface area contributed by atoms with Crippen LogP contribution in [0.3, 0.4) is 0 Å². The molecular formula is C31H30Cl2N2O6. The number of hydrogen-bond donors (Lipinski definition) is 3. The number of amides is 2. The average molecular weight is 597 g/mol. The van der Waals surface area contributed by atoms with Gasteiger partial charge in [-0.3, -0.25) is 19.2 Å². The first-order valence-corrected chi connectivity index (χ1v) is 14.3. The van der Waals surface area contributed by atoms with Crippen LogP contribution in [0, 0.1) is 0 Å². The van der Waals surface area contributed by atoms with Crippen molar-refractivity contribution in [2.75, 3.05) is 0 Å². The van der Waals surface area contributed by atoms with Crippen molar-refractivity contribution in [1.82, 2.24) is 10.4 Å². The molecule has 0 bridgehead atoms. The van der Waals surface area contributed by atoms with E-state index in [-0.39, 0.29) is 18.9 Å². The monoisotopic (exact) mass is 596 g/mol. The van der Waals surface area contributed by atoms with E-state index in [0.29, 0.717) is 45.1 Å². The van der Waals surface area contributed by atoms with E-state index in [4.69, 9.17) is 33.1 Å². The lowest BCUT2D eigenvalue weighted by Gasteiger charge is -2.48. The van der Waals surface area contributed by atoms with Crippen molar-refractivity contribution in [2.24, 2.45) is 0 Å². The van der Waals surface area contributed by atoms with E-state index in [1.807, 2.05) is 0 Å². The van der Waals surface area contributed by atoms with Crippen LogP contribution in [0.1, 0.15) is 70.3 Å². The fourth-order valence-electron chi connectivity index (χ4n) is 5.87. The summed E-state index contributed by atoms with van der Waals surface area (Å²) in [5.41, 5.74) is 5.43. The lowest BCUT2D eigenvalue weighted by atomic mass is 9.77. The molecule has 41 heavy (non-hydrogen) atoms. The third kappa shape index (κ3) is 6.26. The summed E-state index contributed by atoms with van der Waals surface area (Å²) >= 11 is 12.9. The molecule has 1 aliphatic heterocycles. The number of halogens is 2. The van der Waals surface area contributed by atoms with Crippen molar-refractivity contribution in [1.29, 1.82) is 0 Å². The minimum absolute atomic E-state index is 0.0454. The second kappa shape index (κ2) is 12.6. The molecule has 3 aromatic rings. The minimum Gasteiger partial charge on any atom is -0.481 e. The standard InChI is InChI=1S/C31H30Cl2N2O6/c32-20-13-14-23(24(33)16-20)29-28(30(39)34-41-17-19-11-9-18(10-12-19)15-27(37)38)21-5-1-2-6-22(21)31(40)35(29)25-7-3-4-8-26(25)36/h1-2,5-6,9-14,16,25-26,28-29,36H,3-4,7-8,15,17H2,(H,34,39)(H,37,38)/t25-,26-,28+,29-/m0/s1. The number of nitrogens with zero attached hydrogens (tertiary/aromatic N) is 1. The van der Waals surface area contributed by atoms with Gasteiger partial charge in [0, 0.05) is 15.6 Å². The van der Waals surface area contributed by atoms with Crippen molar-refractivity contribution in [3.63, 3.8) is 0 Å². The lowest BCUT2D eigenvalue weighted by Crippen LogP contribution is -2.55. The molecule has 1 heterocycles. The normalized spacial score (nSPS) is 22.2. The number of carboxylic acids is 1. The molecule has 0 radical (unpaired) electrons. The Bertz CT molecular complexity index is 1450. The number of aliphatic hydroxyl groups is 1. The average Bonchev–Trinajstić information content (AvgIpc) is 2.94. The van der Waals surface area contributed by atoms with Crippen LogP contribution < -0.4 is 5.48 Å². The van der Waals surface area contributed by atoms with Crippen LogP contribution in [0.4, 0.5) is 0 Å². The van der Waals surface area contributed by atoms with Crippen LogP contribution in [0.25, 0.3) is 0 Å². The molecule has 1 saturated carbocycles. The van der Waals surface area contributed by atoms with Crippen molar-refractivity contribution in [3.05, 3.63) is 105 Å². The smallest absolute Gasteiger partial charge is 0.307 e. The number of fused-ring (bicyclic) bond motifs is 1. The highest BCUT2D eigenvalue weighted by Gasteiger charge is 2.49. The van der Waals surface area contributed by atoms with Crippen LogP contribution in [-0.4, -0.2) is 45.0 Å². The summed E-state index contributed by atoms with van der Waals surface area (Å²) < 4.78 is 0. The summed E-state index contributed by atoms with van der Waals surface area (Å²) in [7, 11) is 0. The number of carbonyl (C=O) groups is 3. The van der Waals surface area contributed by atoms with Crippen LogP contribution in [0.5, 0.6) is 0 Å². The van der Waals surface area contributed by atoms with E-state index in [1.165, 1.54) is 0 Å². The molecule has 5 rings (SSSR count). The molecule has 4 atom stereocenters. The maximum Gasteiger partial charge on any atom is 0.307 e. The summed E-state index contributed by atoms with van der Waals surface area (Å²) in [6, 6.07) is 17.5. The van der Waals surface area contributed by atoms with E-state index in [0.717, 1.165) is 18.4 Å². The first kappa shape index (κ1) is 29.1. The van der Waals surface area contributed by atoms with E-state index >= 15 is 0 Å². The summed E-state index contributed by atoms with van der Waals surface area (Å²) in [6.07, 6.45) is 2.04. The Morgan fingerprint density at radius 2 is 1.66 bits per heavy atom. The Hall–Kier alpha value is -3.43. The predicted molar refractivity (Wildman–Crippen MR) is 154 cm³/mol. The molecule has 3 aromatic carbocycles. The van der Waals surface area contributed by atoms with Gasteiger partial charge in [-0.25, -0.2) is 5.48 Å². The summed E-state index contributed by atoms with van der Waals surface area (Å²) in [5, 5.41) is 20.7. The van der Waals surface area contributed by atoms with E-state index in [2.05, 4.69) is 5.48 Å². The second-order valence-electron chi connectivity index (χ2n) is 10.4. The van der Waals surface area contributed by atoms with Gasteiger partial charge in [0.25, 0.3) is 11.8 Å². The molecule has 0 aromatic heterocycles. The zero-order chi connectivity index (χ0) is 29.1. The number of nitrogens with one attached hydrogen (secondary N) is 1. The topological polar surface area (TPSA) is 116 Å². The number of carboxylic acid groups (broad SMARTS) is 1. The number of carbonyl (C=O) groups excluding carboxylic acids is 2. The Balaban J connectivity index is 1.48. The van der Waals surface area contributed by atoms with Crippen molar-refractivity contribution in [3.8, 4) is 0 Å². The van der Waals surface area contributed by atoms with Crippen molar-refractivity contribution >= 4 is 41.0 Å². The van der Waals surface area contributed by atoms with Gasteiger partial charge in [0.1, 0.15) is 0 Å². The van der Waals surface area contributed by atoms with Gasteiger partial charge in [0.05, 0.1) is 37.1 Å². The Morgan fingerprint density at radius 3 is 2.37 bits per heavy atom. The highest BCUT2D eigenvalue weighted by atomic mass is 35.5. The number of hydroxylamine groups is 1. The van der Waals surface area contributed by atoms with Gasteiger partial charge in [-0.2, -0.15) is 0 Å². The van der Waals surface area contributed by atoms with Crippen molar-refractivity contribution < 1.29 is 29.4 Å². The molecule has 10 heteroatoms. The molecular weight excluding hydrogens is 567 g/mol. The highest BCUT2D eigenvalue weighted by Crippen LogP contribution is 2.47. The third-order valence-corrected chi connectivity index (χ3v) is 8.34. The van der Waals surface area contributed by atoms with E-state index in [1.54, 1.807) is 71.6 Å². The second-order valence-corrected chi connectivity index (χ2v) is 11.3. The number of rotatable bonds is 8. The molecule has 8 nitrogen and oxygen atoms in total. The fraction of sp³-hybridized carbons (Fsp3) is 0.323. The summed E-state index contributed by atoms with van der Waals surface area (Å²) in [5.74, 6) is -2.56. The van der Waals surface area contributed by atoms with Gasteiger partial charge in [0.15, 0.2) is 0 Å². The first-order chi connectivity index (χ1) is 19.7. The first-order valence-electron chi connectivity index (χ1n) is 13.5. The quantitative estimate of drug-likeness (QED) is 0.298. The van der Waals surface area contributed by atoms with Crippen LogP contribution in [0.2, 0.25) is 10.0 Å². The number of benzene rings is 3. The maximum absolute atomic E-state index is 14.0. The largest absolute Gasteiger partial charge is 0.481 e. The maximum atomic E-state index is 14.0. The molecule has 0 saturated heterocycles. The van der Waals surface area contributed by atoms with Crippen LogP contribution in [0.15, 0.2) is 66.7 Å². The SMILES string of the molecule is O=C(O)Cc1ccc(CONC(=O)[C@@H]2c3ccccc3C(=O)N([C@H]3CCCC[C@@H]3O)[C@H]2c2ccc(Cl)cc2Cl)cc1. The van der Waals surface area contributed by atoms with Crippen LogP contribution >= 0.6 is 23.2 Å². The number of hydrogen-bond acceptors (Lipinski definition) is 5. The summed E-state index contributed by atoms with van der Waals surface area (Å²) in [6.45, 7) is 0.0454. The molecule has 0 spiro atoms. The van der Waals surface area contributed by atoms with Gasteiger partial charge in [-0.15, -0.1) is 0 Å². The van der Waals surface area contributed by atoms with E-state index < -0.39 is 36.0 Å². The zero-order valence-corrected chi connectivity index (χ0v) is 23.6.